The fourth-order valence-electron chi connectivity index (χ4n) is 2.83. The Labute approximate surface area is 115 Å². The number of rotatable bonds is 5. The van der Waals surface area contributed by atoms with Crippen molar-refractivity contribution in [1.82, 2.24) is 10.6 Å². The molecule has 3 nitrogen and oxygen atoms in total. The molecule has 2 rings (SSSR count). The average molecular weight is 260 g/mol. The Balaban J connectivity index is 1.77. The van der Waals surface area contributed by atoms with Crippen molar-refractivity contribution < 1.29 is 4.79 Å². The van der Waals surface area contributed by atoms with Crippen LogP contribution in [0.2, 0.25) is 0 Å². The molecule has 19 heavy (non-hydrogen) atoms. The molecule has 104 valence electrons. The summed E-state index contributed by atoms with van der Waals surface area (Å²) in [6.07, 6.45) is 2.95. The van der Waals surface area contributed by atoms with E-state index in [-0.39, 0.29) is 5.91 Å². The van der Waals surface area contributed by atoms with Gasteiger partial charge in [0.15, 0.2) is 0 Å². The second-order valence-corrected chi connectivity index (χ2v) is 5.39. The van der Waals surface area contributed by atoms with E-state index in [4.69, 9.17) is 0 Å². The van der Waals surface area contributed by atoms with Crippen LogP contribution >= 0.6 is 0 Å². The van der Waals surface area contributed by atoms with Gasteiger partial charge in [-0.3, -0.25) is 4.79 Å². The van der Waals surface area contributed by atoms with E-state index in [2.05, 4.69) is 17.6 Å². The fraction of sp³-hybridized carbons (Fsp3) is 0.562. The smallest absolute Gasteiger partial charge is 0.220 e. The van der Waals surface area contributed by atoms with Crippen LogP contribution in [0.15, 0.2) is 30.3 Å². The second kappa shape index (κ2) is 7.29. The van der Waals surface area contributed by atoms with Gasteiger partial charge in [0.05, 0.1) is 0 Å². The van der Waals surface area contributed by atoms with Crippen LogP contribution in [-0.2, 0) is 11.3 Å². The molecular weight excluding hydrogens is 236 g/mol. The summed E-state index contributed by atoms with van der Waals surface area (Å²) in [4.78, 5) is 12.0. The molecule has 0 saturated carbocycles. The van der Waals surface area contributed by atoms with Crippen LogP contribution in [0.3, 0.4) is 0 Å². The highest BCUT2D eigenvalue weighted by Crippen LogP contribution is 2.25. The summed E-state index contributed by atoms with van der Waals surface area (Å²) < 4.78 is 0. The van der Waals surface area contributed by atoms with E-state index in [0.29, 0.717) is 24.8 Å². The maximum Gasteiger partial charge on any atom is 0.220 e. The predicted molar refractivity (Wildman–Crippen MR) is 77.7 cm³/mol. The molecular formula is C16H24N2O. The zero-order valence-electron chi connectivity index (χ0n) is 11.7. The summed E-state index contributed by atoms with van der Waals surface area (Å²) in [6.45, 7) is 4.97. The largest absolute Gasteiger partial charge is 0.352 e. The zero-order valence-corrected chi connectivity index (χ0v) is 11.7. The Morgan fingerprint density at radius 1 is 1.32 bits per heavy atom. The van der Waals surface area contributed by atoms with Gasteiger partial charge >= 0.3 is 0 Å². The number of hydrogen-bond acceptors (Lipinski definition) is 2. The summed E-state index contributed by atoms with van der Waals surface area (Å²) in [5.74, 6) is 1.38. The van der Waals surface area contributed by atoms with E-state index in [0.717, 1.165) is 31.5 Å². The van der Waals surface area contributed by atoms with E-state index in [1.807, 2.05) is 30.3 Å². The molecule has 0 aliphatic carbocycles. The van der Waals surface area contributed by atoms with Crippen molar-refractivity contribution >= 4 is 5.91 Å². The van der Waals surface area contributed by atoms with E-state index in [1.165, 1.54) is 0 Å². The number of carbonyl (C=O) groups excluding carboxylic acids is 1. The molecule has 2 N–H and O–H groups in total. The molecule has 0 unspecified atom stereocenters. The minimum Gasteiger partial charge on any atom is -0.352 e. The van der Waals surface area contributed by atoms with Crippen LogP contribution < -0.4 is 10.6 Å². The first kappa shape index (κ1) is 14.1. The monoisotopic (exact) mass is 260 g/mol. The highest BCUT2D eigenvalue weighted by molar-refractivity contribution is 5.76. The topological polar surface area (TPSA) is 41.1 Å². The number of amides is 1. The lowest BCUT2D eigenvalue weighted by Crippen LogP contribution is -2.38. The molecule has 0 radical (unpaired) electrons. The Kier molecular flexibility index (Phi) is 5.40. The summed E-state index contributed by atoms with van der Waals surface area (Å²) in [5, 5.41) is 6.45. The van der Waals surface area contributed by atoms with Crippen molar-refractivity contribution in [3.8, 4) is 0 Å². The van der Waals surface area contributed by atoms with Gasteiger partial charge in [0.1, 0.15) is 0 Å². The Bertz CT molecular complexity index is 391. The number of hydrogen-bond donors (Lipinski definition) is 2. The minimum absolute atomic E-state index is 0.189. The molecule has 2 atom stereocenters. The molecule has 1 aromatic rings. The SMILES string of the molecule is CC[C@@H]1CNCC[C@H]1CC(=O)NCc1ccccc1. The Morgan fingerprint density at radius 2 is 2.11 bits per heavy atom. The van der Waals surface area contributed by atoms with E-state index >= 15 is 0 Å². The molecule has 1 heterocycles. The summed E-state index contributed by atoms with van der Waals surface area (Å²) in [7, 11) is 0. The minimum atomic E-state index is 0.189. The molecule has 0 spiro atoms. The molecule has 0 aromatic heterocycles. The molecule has 1 aromatic carbocycles. The van der Waals surface area contributed by atoms with Gasteiger partial charge in [-0.15, -0.1) is 0 Å². The fourth-order valence-corrected chi connectivity index (χ4v) is 2.83. The third kappa shape index (κ3) is 4.35. The van der Waals surface area contributed by atoms with Crippen molar-refractivity contribution in [1.29, 1.82) is 0 Å². The molecule has 1 aliphatic rings. The first-order valence-electron chi connectivity index (χ1n) is 7.31. The molecule has 3 heteroatoms. The highest BCUT2D eigenvalue weighted by Gasteiger charge is 2.25. The van der Waals surface area contributed by atoms with E-state index in [1.54, 1.807) is 0 Å². The van der Waals surface area contributed by atoms with Crippen LogP contribution in [0.4, 0.5) is 0 Å². The van der Waals surface area contributed by atoms with Gasteiger partial charge in [-0.05, 0) is 36.9 Å². The van der Waals surface area contributed by atoms with Gasteiger partial charge in [0.2, 0.25) is 5.91 Å². The summed E-state index contributed by atoms with van der Waals surface area (Å²) in [5.41, 5.74) is 1.16. The lowest BCUT2D eigenvalue weighted by Gasteiger charge is -2.31. The molecule has 1 amide bonds. The highest BCUT2D eigenvalue weighted by atomic mass is 16.1. The number of nitrogens with one attached hydrogen (secondary N) is 2. The molecule has 1 saturated heterocycles. The maximum atomic E-state index is 12.0. The number of carbonyl (C=O) groups is 1. The Hall–Kier alpha value is -1.35. The van der Waals surface area contributed by atoms with Crippen LogP contribution in [0.5, 0.6) is 0 Å². The van der Waals surface area contributed by atoms with Gasteiger partial charge in [0, 0.05) is 13.0 Å². The van der Waals surface area contributed by atoms with Crippen molar-refractivity contribution in [3.05, 3.63) is 35.9 Å². The maximum absolute atomic E-state index is 12.0. The number of piperidine rings is 1. The van der Waals surface area contributed by atoms with Crippen LogP contribution in [0, 0.1) is 11.8 Å². The van der Waals surface area contributed by atoms with E-state index in [9.17, 15) is 4.79 Å². The van der Waals surface area contributed by atoms with Crippen LogP contribution in [0.1, 0.15) is 31.7 Å². The average Bonchev–Trinajstić information content (AvgIpc) is 2.47. The molecule has 1 aliphatic heterocycles. The van der Waals surface area contributed by atoms with Crippen LogP contribution in [0.25, 0.3) is 0 Å². The van der Waals surface area contributed by atoms with Crippen molar-refractivity contribution in [2.45, 2.75) is 32.7 Å². The van der Waals surface area contributed by atoms with Gasteiger partial charge in [-0.1, -0.05) is 43.7 Å². The predicted octanol–water partition coefficient (Wildman–Crippen LogP) is 2.33. The second-order valence-electron chi connectivity index (χ2n) is 5.39. The summed E-state index contributed by atoms with van der Waals surface area (Å²) >= 11 is 0. The Morgan fingerprint density at radius 3 is 2.84 bits per heavy atom. The van der Waals surface area contributed by atoms with E-state index < -0.39 is 0 Å². The third-order valence-corrected chi connectivity index (χ3v) is 4.07. The van der Waals surface area contributed by atoms with Crippen molar-refractivity contribution in [2.24, 2.45) is 11.8 Å². The van der Waals surface area contributed by atoms with Crippen molar-refractivity contribution in [2.75, 3.05) is 13.1 Å². The number of benzene rings is 1. The third-order valence-electron chi connectivity index (χ3n) is 4.07. The lowest BCUT2D eigenvalue weighted by molar-refractivity contribution is -0.122. The zero-order chi connectivity index (χ0) is 13.5. The van der Waals surface area contributed by atoms with Gasteiger partial charge in [0.25, 0.3) is 0 Å². The van der Waals surface area contributed by atoms with Crippen molar-refractivity contribution in [3.63, 3.8) is 0 Å². The molecule has 0 bridgehead atoms. The van der Waals surface area contributed by atoms with Crippen LogP contribution in [-0.4, -0.2) is 19.0 Å². The van der Waals surface area contributed by atoms with Gasteiger partial charge in [-0.25, -0.2) is 0 Å². The standard InChI is InChI=1S/C16H24N2O/c1-2-14-12-17-9-8-15(14)10-16(19)18-11-13-6-4-3-5-7-13/h3-7,14-15,17H,2,8-12H2,1H3,(H,18,19)/t14-,15+/m1/s1. The van der Waals surface area contributed by atoms with Gasteiger partial charge < -0.3 is 10.6 Å². The normalized spacial score (nSPS) is 23.0. The van der Waals surface area contributed by atoms with Gasteiger partial charge in [-0.2, -0.15) is 0 Å². The first-order chi connectivity index (χ1) is 9.29. The lowest BCUT2D eigenvalue weighted by atomic mass is 9.82. The summed E-state index contributed by atoms with van der Waals surface area (Å²) in [6, 6.07) is 10.1. The quantitative estimate of drug-likeness (QED) is 0.853. The molecule has 1 fully saturated rings. The first-order valence-corrected chi connectivity index (χ1v) is 7.31.